The number of sulfone groups is 1. The molecule has 0 saturated heterocycles. The Morgan fingerprint density at radius 1 is 1.44 bits per heavy atom. The van der Waals surface area contributed by atoms with E-state index >= 15 is 0 Å². The summed E-state index contributed by atoms with van der Waals surface area (Å²) in [6.07, 6.45) is -2.27. The molecule has 0 bridgehead atoms. The molecule has 1 rings (SSSR count). The van der Waals surface area contributed by atoms with Crippen LogP contribution in [-0.2, 0) is 9.84 Å². The number of benzene rings is 1. The number of nitriles is 1. The summed E-state index contributed by atoms with van der Waals surface area (Å²) in [5.41, 5.74) is 3.85. The zero-order valence-corrected chi connectivity index (χ0v) is 9.05. The van der Waals surface area contributed by atoms with Crippen molar-refractivity contribution in [1.29, 1.82) is 5.26 Å². The van der Waals surface area contributed by atoms with Crippen molar-refractivity contribution in [3.05, 3.63) is 23.3 Å². The van der Waals surface area contributed by atoms with Crippen LogP contribution in [0.1, 0.15) is 17.6 Å². The van der Waals surface area contributed by atoms with Crippen LogP contribution < -0.4 is 5.73 Å². The van der Waals surface area contributed by atoms with Gasteiger partial charge in [-0.1, -0.05) is 0 Å². The van der Waals surface area contributed by atoms with Crippen LogP contribution in [-0.4, -0.2) is 14.7 Å². The van der Waals surface area contributed by atoms with Crippen LogP contribution >= 0.6 is 0 Å². The topological polar surface area (TPSA) is 83.9 Å². The minimum Gasteiger partial charge on any atom is -0.398 e. The molecule has 16 heavy (non-hydrogen) atoms. The Morgan fingerprint density at radius 2 is 2.00 bits per heavy atom. The van der Waals surface area contributed by atoms with Crippen LogP contribution in [0, 0.1) is 11.3 Å². The fourth-order valence-corrected chi connectivity index (χ4v) is 2.19. The average molecular weight is 246 g/mol. The van der Waals surface area contributed by atoms with E-state index < -0.39 is 32.3 Å². The maximum Gasteiger partial charge on any atom is 0.266 e. The van der Waals surface area contributed by atoms with Crippen LogP contribution in [0.15, 0.2) is 17.0 Å². The van der Waals surface area contributed by atoms with Crippen LogP contribution in [0.3, 0.4) is 0 Å². The fraction of sp³-hybridized carbons (Fsp3) is 0.222. The summed E-state index contributed by atoms with van der Waals surface area (Å²) >= 11 is 0. The number of hydrogen-bond acceptors (Lipinski definition) is 4. The third-order valence-electron chi connectivity index (χ3n) is 1.97. The van der Waals surface area contributed by atoms with Crippen LogP contribution in [0.2, 0.25) is 0 Å². The lowest BCUT2D eigenvalue weighted by Crippen LogP contribution is -2.07. The molecule has 0 spiro atoms. The molecule has 1 aromatic rings. The fourth-order valence-electron chi connectivity index (χ4n) is 1.28. The van der Waals surface area contributed by atoms with Crippen LogP contribution in [0.5, 0.6) is 0 Å². The SMILES string of the molecule is CS(=O)(=O)c1ccc(N)c(C#N)c1C(F)F. The molecular weight excluding hydrogens is 238 g/mol. The van der Waals surface area contributed by atoms with E-state index in [4.69, 9.17) is 11.0 Å². The molecular formula is C9H8F2N2O2S. The van der Waals surface area contributed by atoms with Gasteiger partial charge >= 0.3 is 0 Å². The lowest BCUT2D eigenvalue weighted by Gasteiger charge is -2.10. The second kappa shape index (κ2) is 4.06. The minimum absolute atomic E-state index is 0.162. The van der Waals surface area contributed by atoms with E-state index in [9.17, 15) is 17.2 Å². The highest BCUT2D eigenvalue weighted by atomic mass is 32.2. The smallest absolute Gasteiger partial charge is 0.266 e. The summed E-state index contributed by atoms with van der Waals surface area (Å²) in [7, 11) is -3.81. The quantitative estimate of drug-likeness (QED) is 0.801. The Kier molecular flexibility index (Phi) is 3.14. The van der Waals surface area contributed by atoms with Gasteiger partial charge < -0.3 is 5.73 Å². The number of alkyl halides is 2. The first kappa shape index (κ1) is 12.4. The molecule has 7 heteroatoms. The van der Waals surface area contributed by atoms with Crippen molar-refractivity contribution in [3.63, 3.8) is 0 Å². The van der Waals surface area contributed by atoms with E-state index in [2.05, 4.69) is 0 Å². The average Bonchev–Trinajstić information content (AvgIpc) is 2.14. The zero-order valence-electron chi connectivity index (χ0n) is 8.24. The van der Waals surface area contributed by atoms with E-state index in [1.54, 1.807) is 0 Å². The first-order valence-corrected chi connectivity index (χ1v) is 5.99. The van der Waals surface area contributed by atoms with Gasteiger partial charge in [-0.3, -0.25) is 0 Å². The lowest BCUT2D eigenvalue weighted by atomic mass is 10.1. The normalized spacial score (nSPS) is 11.4. The van der Waals surface area contributed by atoms with Crippen LogP contribution in [0.25, 0.3) is 0 Å². The largest absolute Gasteiger partial charge is 0.398 e. The Labute approximate surface area is 91.2 Å². The van der Waals surface area contributed by atoms with Crippen molar-refractivity contribution in [3.8, 4) is 6.07 Å². The van der Waals surface area contributed by atoms with Crippen molar-refractivity contribution >= 4 is 15.5 Å². The summed E-state index contributed by atoms with van der Waals surface area (Å²) in [5, 5.41) is 8.68. The van der Waals surface area contributed by atoms with Crippen molar-refractivity contribution in [2.75, 3.05) is 12.0 Å². The molecule has 0 atom stereocenters. The van der Waals surface area contributed by atoms with Crippen molar-refractivity contribution in [2.24, 2.45) is 0 Å². The van der Waals surface area contributed by atoms with Crippen molar-refractivity contribution < 1.29 is 17.2 Å². The maximum atomic E-state index is 12.7. The molecule has 0 saturated carbocycles. The molecule has 2 N–H and O–H groups in total. The number of rotatable bonds is 2. The van der Waals surface area contributed by atoms with Gasteiger partial charge in [0.25, 0.3) is 6.43 Å². The second-order valence-electron chi connectivity index (χ2n) is 3.13. The Hall–Kier alpha value is -1.68. The standard InChI is InChI=1S/C9H8F2N2O2S/c1-16(14,15)7-3-2-6(13)5(4-12)8(7)9(10)11/h2-3,9H,13H2,1H3. The number of nitrogens with zero attached hydrogens (tertiary/aromatic N) is 1. The predicted octanol–water partition coefficient (Wildman–Crippen LogP) is 1.48. The maximum absolute atomic E-state index is 12.7. The van der Waals surface area contributed by atoms with Crippen molar-refractivity contribution in [2.45, 2.75) is 11.3 Å². The van der Waals surface area contributed by atoms with E-state index in [0.29, 0.717) is 0 Å². The molecule has 0 aliphatic heterocycles. The first-order chi connectivity index (χ1) is 7.29. The second-order valence-corrected chi connectivity index (χ2v) is 5.11. The molecule has 4 nitrogen and oxygen atoms in total. The van der Waals surface area contributed by atoms with Gasteiger partial charge in [-0.15, -0.1) is 0 Å². The number of halogens is 2. The highest BCUT2D eigenvalue weighted by Gasteiger charge is 2.25. The van der Waals surface area contributed by atoms with Gasteiger partial charge in [0.2, 0.25) is 0 Å². The van der Waals surface area contributed by atoms with E-state index in [0.717, 1.165) is 18.4 Å². The summed E-state index contributed by atoms with van der Waals surface area (Å²) in [5.74, 6) is 0. The molecule has 0 aliphatic rings. The zero-order chi connectivity index (χ0) is 12.5. The summed E-state index contributed by atoms with van der Waals surface area (Å²) in [4.78, 5) is -0.562. The van der Waals surface area contributed by atoms with Crippen molar-refractivity contribution in [1.82, 2.24) is 0 Å². The van der Waals surface area contributed by atoms with Gasteiger partial charge in [0.05, 0.1) is 21.7 Å². The molecule has 0 radical (unpaired) electrons. The first-order valence-electron chi connectivity index (χ1n) is 4.09. The highest BCUT2D eigenvalue weighted by Crippen LogP contribution is 2.32. The Balaban J connectivity index is 3.74. The van der Waals surface area contributed by atoms with Gasteiger partial charge in [0, 0.05) is 6.26 Å². The van der Waals surface area contributed by atoms with E-state index in [1.807, 2.05) is 0 Å². The van der Waals surface area contributed by atoms with E-state index in [1.165, 1.54) is 6.07 Å². The summed E-state index contributed by atoms with van der Waals surface area (Å²) in [6, 6.07) is 3.59. The third-order valence-corrected chi connectivity index (χ3v) is 3.12. The van der Waals surface area contributed by atoms with Gasteiger partial charge in [-0.05, 0) is 12.1 Å². The van der Waals surface area contributed by atoms with Crippen LogP contribution in [0.4, 0.5) is 14.5 Å². The van der Waals surface area contributed by atoms with Gasteiger partial charge in [-0.25, -0.2) is 17.2 Å². The number of nitrogen functional groups attached to an aromatic ring is 1. The molecule has 0 aromatic heterocycles. The molecule has 86 valence electrons. The van der Waals surface area contributed by atoms with Gasteiger partial charge in [-0.2, -0.15) is 5.26 Å². The highest BCUT2D eigenvalue weighted by molar-refractivity contribution is 7.90. The summed E-state index contributed by atoms with van der Waals surface area (Å²) < 4.78 is 47.9. The number of nitrogens with two attached hydrogens (primary N) is 1. The Morgan fingerprint density at radius 3 is 2.38 bits per heavy atom. The molecule has 0 aliphatic carbocycles. The minimum atomic E-state index is -3.81. The number of hydrogen-bond donors (Lipinski definition) is 1. The predicted molar refractivity (Wildman–Crippen MR) is 53.6 cm³/mol. The third kappa shape index (κ3) is 2.12. The Bertz CT molecular complexity index is 562. The van der Waals surface area contributed by atoms with Gasteiger partial charge in [0.15, 0.2) is 9.84 Å². The summed E-state index contributed by atoms with van der Waals surface area (Å²) in [6.45, 7) is 0. The molecule has 0 fully saturated rings. The monoisotopic (exact) mass is 246 g/mol. The number of anilines is 1. The molecule has 0 unspecified atom stereocenters. The molecule has 1 aromatic carbocycles. The molecule has 0 amide bonds. The molecule has 0 heterocycles. The van der Waals surface area contributed by atoms with Gasteiger partial charge in [0.1, 0.15) is 6.07 Å². The van der Waals surface area contributed by atoms with E-state index in [-0.39, 0.29) is 5.69 Å². The lowest BCUT2D eigenvalue weighted by molar-refractivity contribution is 0.147.